The van der Waals surface area contributed by atoms with E-state index in [1.807, 2.05) is 13.8 Å². The van der Waals surface area contributed by atoms with Gasteiger partial charge < -0.3 is 9.84 Å². The summed E-state index contributed by atoms with van der Waals surface area (Å²) in [7, 11) is -3.20. The molecule has 1 N–H and O–H groups in total. The van der Waals surface area contributed by atoms with Crippen LogP contribution in [0.25, 0.3) is 0 Å². The van der Waals surface area contributed by atoms with Crippen molar-refractivity contribution in [3.05, 3.63) is 11.7 Å². The maximum atomic E-state index is 11.5. The summed E-state index contributed by atoms with van der Waals surface area (Å²) >= 11 is 0. The van der Waals surface area contributed by atoms with Gasteiger partial charge in [0.1, 0.15) is 5.25 Å². The predicted molar refractivity (Wildman–Crippen MR) is 73.7 cm³/mol. The van der Waals surface area contributed by atoms with E-state index in [1.54, 1.807) is 6.92 Å². The van der Waals surface area contributed by atoms with Gasteiger partial charge in [0.15, 0.2) is 15.7 Å². The van der Waals surface area contributed by atoms with Crippen molar-refractivity contribution in [3.63, 3.8) is 0 Å². The number of nitrogens with one attached hydrogen (secondary N) is 1. The number of nitrogens with zero attached hydrogens (tertiary/aromatic N) is 2. The van der Waals surface area contributed by atoms with Crippen molar-refractivity contribution < 1.29 is 12.9 Å². The molecule has 0 aromatic carbocycles. The zero-order valence-electron chi connectivity index (χ0n) is 12.2. The Morgan fingerprint density at radius 1 is 1.32 bits per heavy atom. The maximum Gasteiger partial charge on any atom is 0.231 e. The highest BCUT2D eigenvalue weighted by Crippen LogP contribution is 2.23. The third-order valence-corrected chi connectivity index (χ3v) is 4.86. The summed E-state index contributed by atoms with van der Waals surface area (Å²) in [5.74, 6) is 0.770. The summed E-state index contributed by atoms with van der Waals surface area (Å²) in [5.41, 5.74) is 0. The molecular weight excluding hydrogens is 266 g/mol. The first-order chi connectivity index (χ1) is 8.81. The van der Waals surface area contributed by atoms with Crippen molar-refractivity contribution in [1.82, 2.24) is 15.5 Å². The van der Waals surface area contributed by atoms with Gasteiger partial charge in [-0.3, -0.25) is 0 Å². The Labute approximate surface area is 114 Å². The van der Waals surface area contributed by atoms with Crippen LogP contribution < -0.4 is 5.32 Å². The first-order valence-corrected chi connectivity index (χ1v) is 8.52. The molecule has 0 saturated heterocycles. The van der Waals surface area contributed by atoms with Crippen molar-refractivity contribution in [3.8, 4) is 0 Å². The van der Waals surface area contributed by atoms with Crippen LogP contribution in [0.4, 0.5) is 0 Å². The minimum atomic E-state index is -3.20. The average Bonchev–Trinajstić information content (AvgIpc) is 2.82. The number of sulfone groups is 1. The van der Waals surface area contributed by atoms with Crippen molar-refractivity contribution in [1.29, 1.82) is 0 Å². The number of hydrogen-bond acceptors (Lipinski definition) is 6. The van der Waals surface area contributed by atoms with Crippen LogP contribution in [0.2, 0.25) is 0 Å². The third-order valence-electron chi connectivity index (χ3n) is 3.36. The molecule has 6 nitrogen and oxygen atoms in total. The third kappa shape index (κ3) is 4.01. The van der Waals surface area contributed by atoms with Gasteiger partial charge in [0.2, 0.25) is 5.89 Å². The minimum absolute atomic E-state index is 0.0537. The second-order valence-corrected chi connectivity index (χ2v) is 7.19. The van der Waals surface area contributed by atoms with Crippen molar-refractivity contribution in [2.24, 2.45) is 0 Å². The molecule has 0 spiro atoms. The molecule has 0 saturated carbocycles. The Morgan fingerprint density at radius 2 is 1.95 bits per heavy atom. The van der Waals surface area contributed by atoms with E-state index in [4.69, 9.17) is 4.52 Å². The Balaban J connectivity index is 2.90. The zero-order valence-corrected chi connectivity index (χ0v) is 13.0. The number of hydrogen-bond donors (Lipinski definition) is 1. The summed E-state index contributed by atoms with van der Waals surface area (Å²) < 4.78 is 28.1. The highest BCUT2D eigenvalue weighted by atomic mass is 32.2. The summed E-state index contributed by atoms with van der Waals surface area (Å²) in [6.45, 7) is 8.56. The maximum absolute atomic E-state index is 11.5. The van der Waals surface area contributed by atoms with E-state index in [1.165, 1.54) is 6.26 Å². The molecule has 0 amide bonds. The second kappa shape index (κ2) is 6.47. The molecule has 1 heterocycles. The van der Waals surface area contributed by atoms with Gasteiger partial charge in [-0.1, -0.05) is 25.9 Å². The Kier molecular flexibility index (Phi) is 5.49. The quantitative estimate of drug-likeness (QED) is 0.821. The molecule has 0 radical (unpaired) electrons. The van der Waals surface area contributed by atoms with E-state index in [-0.39, 0.29) is 17.8 Å². The average molecular weight is 289 g/mol. The smallest absolute Gasteiger partial charge is 0.231 e. The molecule has 7 heteroatoms. The topological polar surface area (TPSA) is 85.1 Å². The van der Waals surface area contributed by atoms with Gasteiger partial charge in [0.05, 0.1) is 5.92 Å². The Morgan fingerprint density at radius 3 is 2.42 bits per heavy atom. The fourth-order valence-electron chi connectivity index (χ4n) is 1.90. The number of rotatable bonds is 7. The summed E-state index contributed by atoms with van der Waals surface area (Å²) in [5, 5.41) is 6.40. The van der Waals surface area contributed by atoms with Crippen LogP contribution in [0.15, 0.2) is 4.52 Å². The SMILES string of the molecule is CCNC(CC)C(C)c1nc(C(C)S(C)(=O)=O)no1. The largest absolute Gasteiger partial charge is 0.339 e. The van der Waals surface area contributed by atoms with Crippen LogP contribution >= 0.6 is 0 Å². The van der Waals surface area contributed by atoms with E-state index in [9.17, 15) is 8.42 Å². The van der Waals surface area contributed by atoms with Crippen LogP contribution in [0.5, 0.6) is 0 Å². The molecular formula is C12H23N3O3S. The summed E-state index contributed by atoms with van der Waals surface area (Å²) in [6, 6.07) is 0.242. The predicted octanol–water partition coefficient (Wildman–Crippen LogP) is 1.67. The van der Waals surface area contributed by atoms with E-state index in [2.05, 4.69) is 22.4 Å². The highest BCUT2D eigenvalue weighted by Gasteiger charge is 2.27. The lowest BCUT2D eigenvalue weighted by molar-refractivity contribution is 0.319. The van der Waals surface area contributed by atoms with E-state index in [0.717, 1.165) is 13.0 Å². The van der Waals surface area contributed by atoms with Crippen LogP contribution in [-0.4, -0.2) is 37.4 Å². The van der Waals surface area contributed by atoms with E-state index >= 15 is 0 Å². The Hall–Kier alpha value is -0.950. The monoisotopic (exact) mass is 289 g/mol. The van der Waals surface area contributed by atoms with Crippen LogP contribution in [-0.2, 0) is 9.84 Å². The summed E-state index contributed by atoms with van der Waals surface area (Å²) in [6.07, 6.45) is 2.11. The van der Waals surface area contributed by atoms with Crippen molar-refractivity contribution in [2.75, 3.05) is 12.8 Å². The van der Waals surface area contributed by atoms with Gasteiger partial charge in [0, 0.05) is 12.3 Å². The summed E-state index contributed by atoms with van der Waals surface area (Å²) in [4.78, 5) is 4.23. The lowest BCUT2D eigenvalue weighted by atomic mass is 9.99. The van der Waals surface area contributed by atoms with Gasteiger partial charge in [-0.05, 0) is 19.9 Å². The van der Waals surface area contributed by atoms with Gasteiger partial charge in [0.25, 0.3) is 0 Å². The standard InChI is InChI=1S/C12H23N3O3S/c1-6-10(13-7-2)8(3)12-14-11(15-18-12)9(4)19(5,16)17/h8-10,13H,6-7H2,1-5H3. The molecule has 0 fully saturated rings. The van der Waals surface area contributed by atoms with Crippen molar-refractivity contribution >= 4 is 9.84 Å². The number of aromatic nitrogens is 2. The molecule has 1 aromatic rings. The molecule has 1 rings (SSSR count). The molecule has 3 atom stereocenters. The molecule has 0 aliphatic carbocycles. The first kappa shape index (κ1) is 16.1. The lowest BCUT2D eigenvalue weighted by Gasteiger charge is -2.20. The molecule has 0 aliphatic rings. The molecule has 19 heavy (non-hydrogen) atoms. The van der Waals surface area contributed by atoms with Crippen LogP contribution in [0.3, 0.4) is 0 Å². The number of likely N-dealkylation sites (N-methyl/N-ethyl adjacent to an activating group) is 1. The molecule has 3 unspecified atom stereocenters. The molecule has 0 aliphatic heterocycles. The van der Waals surface area contributed by atoms with Crippen LogP contribution in [0, 0.1) is 0 Å². The molecule has 1 aromatic heterocycles. The van der Waals surface area contributed by atoms with Gasteiger partial charge >= 0.3 is 0 Å². The second-order valence-electron chi connectivity index (χ2n) is 4.82. The lowest BCUT2D eigenvalue weighted by Crippen LogP contribution is -2.33. The molecule has 0 bridgehead atoms. The minimum Gasteiger partial charge on any atom is -0.339 e. The Bertz CT molecular complexity index is 498. The van der Waals surface area contributed by atoms with E-state index in [0.29, 0.717) is 5.89 Å². The van der Waals surface area contributed by atoms with Crippen molar-refractivity contribution in [2.45, 2.75) is 51.3 Å². The first-order valence-electron chi connectivity index (χ1n) is 6.56. The van der Waals surface area contributed by atoms with Gasteiger partial charge in [-0.25, -0.2) is 8.42 Å². The zero-order chi connectivity index (χ0) is 14.6. The van der Waals surface area contributed by atoms with Gasteiger partial charge in [-0.15, -0.1) is 0 Å². The fraction of sp³-hybridized carbons (Fsp3) is 0.833. The molecule has 110 valence electrons. The highest BCUT2D eigenvalue weighted by molar-refractivity contribution is 7.90. The van der Waals surface area contributed by atoms with Gasteiger partial charge in [-0.2, -0.15) is 4.98 Å². The fourth-order valence-corrected chi connectivity index (χ4v) is 2.38. The normalized spacial score (nSPS) is 17.1. The van der Waals surface area contributed by atoms with Crippen LogP contribution in [0.1, 0.15) is 57.0 Å². The van der Waals surface area contributed by atoms with E-state index < -0.39 is 15.1 Å².